The molecule has 1 aliphatic heterocycles. The molecular weight excluding hydrogens is 258 g/mol. The van der Waals surface area contributed by atoms with Gasteiger partial charge in [-0.3, -0.25) is 0 Å². The van der Waals surface area contributed by atoms with Gasteiger partial charge in [-0.25, -0.2) is 0 Å². The molecule has 0 saturated carbocycles. The van der Waals surface area contributed by atoms with Crippen LogP contribution in [0.25, 0.3) is 0 Å². The Hall–Kier alpha value is -1.52. The fourth-order valence-corrected chi connectivity index (χ4v) is 3.22. The van der Waals surface area contributed by atoms with Gasteiger partial charge in [-0.2, -0.15) is 0 Å². The van der Waals surface area contributed by atoms with Gasteiger partial charge in [-0.05, 0) is 29.5 Å². The van der Waals surface area contributed by atoms with E-state index in [2.05, 4.69) is 29.8 Å². The highest BCUT2D eigenvalue weighted by Gasteiger charge is 2.16. The molecule has 0 aliphatic carbocycles. The number of fused-ring (bicyclic) bond motifs is 1. The second-order valence-electron chi connectivity index (χ2n) is 4.48. The number of nitrogens with one attached hydrogen (secondary N) is 1. The molecule has 1 aliphatic rings. The Morgan fingerprint density at radius 2 is 2.11 bits per heavy atom. The monoisotopic (exact) mass is 275 g/mol. The van der Waals surface area contributed by atoms with E-state index >= 15 is 0 Å². The molecule has 0 atom stereocenters. The van der Waals surface area contributed by atoms with Crippen LogP contribution in [0.4, 0.5) is 0 Å². The first-order valence-corrected chi connectivity index (χ1v) is 7.40. The average molecular weight is 275 g/mol. The minimum Gasteiger partial charge on any atom is -0.454 e. The molecule has 0 amide bonds. The quantitative estimate of drug-likeness (QED) is 0.908. The lowest BCUT2D eigenvalue weighted by Gasteiger charge is -2.08. The highest BCUT2D eigenvalue weighted by Crippen LogP contribution is 2.35. The Morgan fingerprint density at radius 1 is 1.16 bits per heavy atom. The van der Waals surface area contributed by atoms with Gasteiger partial charge in [0.1, 0.15) is 0 Å². The average Bonchev–Trinajstić information content (AvgIpc) is 3.07. The van der Waals surface area contributed by atoms with Crippen LogP contribution in [0.1, 0.15) is 22.9 Å². The number of hydrogen-bond acceptors (Lipinski definition) is 4. The molecule has 0 unspecified atom stereocenters. The van der Waals surface area contributed by atoms with E-state index in [0.717, 1.165) is 36.6 Å². The maximum Gasteiger partial charge on any atom is 0.231 e. The van der Waals surface area contributed by atoms with Crippen molar-refractivity contribution in [2.45, 2.75) is 26.4 Å². The van der Waals surface area contributed by atoms with Crippen LogP contribution in [-0.2, 0) is 19.5 Å². The number of thiophene rings is 1. The molecule has 1 aromatic carbocycles. The summed E-state index contributed by atoms with van der Waals surface area (Å²) in [6.45, 7) is 4.23. The zero-order valence-corrected chi connectivity index (χ0v) is 11.8. The van der Waals surface area contributed by atoms with Crippen LogP contribution in [0.2, 0.25) is 0 Å². The van der Waals surface area contributed by atoms with E-state index in [1.54, 1.807) is 0 Å². The summed E-state index contributed by atoms with van der Waals surface area (Å²) >= 11 is 1.82. The topological polar surface area (TPSA) is 30.5 Å². The summed E-state index contributed by atoms with van der Waals surface area (Å²) in [6.07, 6.45) is 1.10. The fraction of sp³-hybridized carbons (Fsp3) is 0.333. The predicted octanol–water partition coefficient (Wildman–Crippen LogP) is 3.33. The van der Waals surface area contributed by atoms with Gasteiger partial charge in [0.25, 0.3) is 0 Å². The van der Waals surface area contributed by atoms with Crippen LogP contribution >= 0.6 is 11.3 Å². The Morgan fingerprint density at radius 3 is 3.00 bits per heavy atom. The van der Waals surface area contributed by atoms with Gasteiger partial charge in [0.2, 0.25) is 6.79 Å². The summed E-state index contributed by atoms with van der Waals surface area (Å²) in [4.78, 5) is 1.42. The number of ether oxygens (including phenoxy) is 2. The Kier molecular flexibility index (Phi) is 3.71. The molecule has 1 N–H and O–H groups in total. The van der Waals surface area contributed by atoms with Crippen LogP contribution in [0.3, 0.4) is 0 Å². The van der Waals surface area contributed by atoms with E-state index in [1.165, 1.54) is 10.4 Å². The summed E-state index contributed by atoms with van der Waals surface area (Å²) in [6, 6.07) is 8.24. The number of hydrogen-bond donors (Lipinski definition) is 1. The van der Waals surface area contributed by atoms with Crippen LogP contribution in [0, 0.1) is 0 Å². The lowest BCUT2D eigenvalue weighted by atomic mass is 10.1. The van der Waals surface area contributed by atoms with Crippen molar-refractivity contribution >= 4 is 11.3 Å². The molecule has 3 nitrogen and oxygen atoms in total. The van der Waals surface area contributed by atoms with E-state index in [-0.39, 0.29) is 0 Å². The normalized spacial score (nSPS) is 12.9. The maximum atomic E-state index is 5.50. The highest BCUT2D eigenvalue weighted by atomic mass is 32.1. The molecule has 4 heteroatoms. The molecule has 0 radical (unpaired) electrons. The summed E-state index contributed by atoms with van der Waals surface area (Å²) in [7, 11) is 0. The first-order chi connectivity index (χ1) is 9.38. The van der Waals surface area contributed by atoms with Crippen molar-refractivity contribution in [3.05, 3.63) is 45.6 Å². The van der Waals surface area contributed by atoms with E-state index in [0.29, 0.717) is 6.79 Å². The summed E-state index contributed by atoms with van der Waals surface area (Å²) in [5.41, 5.74) is 2.60. The Labute approximate surface area is 117 Å². The first-order valence-electron chi connectivity index (χ1n) is 6.52. The molecular formula is C15H17NO2S. The van der Waals surface area contributed by atoms with Crippen LogP contribution in [0.5, 0.6) is 11.5 Å². The molecule has 0 spiro atoms. The van der Waals surface area contributed by atoms with Gasteiger partial charge in [0.15, 0.2) is 11.5 Å². The largest absolute Gasteiger partial charge is 0.454 e. The summed E-state index contributed by atoms with van der Waals surface area (Å²) in [5.74, 6) is 1.74. The van der Waals surface area contributed by atoms with E-state index in [1.807, 2.05) is 23.5 Å². The van der Waals surface area contributed by atoms with Crippen molar-refractivity contribution in [3.8, 4) is 11.5 Å². The SMILES string of the molecule is CCc1ccsc1CNCc1cccc2c1OCO2. The lowest BCUT2D eigenvalue weighted by molar-refractivity contribution is 0.173. The van der Waals surface area contributed by atoms with Gasteiger partial charge in [-0.15, -0.1) is 11.3 Å². The third-order valence-electron chi connectivity index (χ3n) is 3.30. The van der Waals surface area contributed by atoms with Gasteiger partial charge in [-0.1, -0.05) is 19.1 Å². The van der Waals surface area contributed by atoms with Crippen molar-refractivity contribution in [3.63, 3.8) is 0 Å². The van der Waals surface area contributed by atoms with Crippen molar-refractivity contribution in [2.75, 3.05) is 6.79 Å². The minimum atomic E-state index is 0.331. The third-order valence-corrected chi connectivity index (χ3v) is 4.26. The second kappa shape index (κ2) is 5.63. The number of para-hydroxylation sites is 1. The molecule has 3 rings (SSSR count). The van der Waals surface area contributed by atoms with Gasteiger partial charge >= 0.3 is 0 Å². The highest BCUT2D eigenvalue weighted by molar-refractivity contribution is 7.10. The second-order valence-corrected chi connectivity index (χ2v) is 5.48. The number of aryl methyl sites for hydroxylation is 1. The van der Waals surface area contributed by atoms with Gasteiger partial charge in [0.05, 0.1) is 0 Å². The third kappa shape index (κ3) is 2.60. The molecule has 2 aromatic rings. The summed E-state index contributed by atoms with van der Waals surface area (Å²) in [5, 5.41) is 5.64. The molecule has 1 aromatic heterocycles. The van der Waals surface area contributed by atoms with Crippen LogP contribution in [-0.4, -0.2) is 6.79 Å². The van der Waals surface area contributed by atoms with Crippen LogP contribution in [0.15, 0.2) is 29.6 Å². The molecule has 0 saturated heterocycles. The Balaban J connectivity index is 1.63. The van der Waals surface area contributed by atoms with E-state index in [9.17, 15) is 0 Å². The molecule has 0 bridgehead atoms. The number of rotatable bonds is 5. The number of benzene rings is 1. The minimum absolute atomic E-state index is 0.331. The van der Waals surface area contributed by atoms with Crippen molar-refractivity contribution in [1.29, 1.82) is 0 Å². The maximum absolute atomic E-state index is 5.50. The van der Waals surface area contributed by atoms with Crippen molar-refractivity contribution < 1.29 is 9.47 Å². The smallest absolute Gasteiger partial charge is 0.231 e. The molecule has 100 valence electrons. The zero-order valence-electron chi connectivity index (χ0n) is 10.9. The lowest BCUT2D eigenvalue weighted by Crippen LogP contribution is -2.13. The molecule has 0 fully saturated rings. The fourth-order valence-electron chi connectivity index (χ4n) is 2.28. The summed E-state index contributed by atoms with van der Waals surface area (Å²) < 4.78 is 10.9. The molecule has 19 heavy (non-hydrogen) atoms. The van der Waals surface area contributed by atoms with Crippen LogP contribution < -0.4 is 14.8 Å². The predicted molar refractivity (Wildman–Crippen MR) is 76.8 cm³/mol. The van der Waals surface area contributed by atoms with Crippen molar-refractivity contribution in [1.82, 2.24) is 5.32 Å². The van der Waals surface area contributed by atoms with Gasteiger partial charge in [0, 0.05) is 23.5 Å². The van der Waals surface area contributed by atoms with Crippen molar-refractivity contribution in [2.24, 2.45) is 0 Å². The van der Waals surface area contributed by atoms with E-state index in [4.69, 9.17) is 9.47 Å². The Bertz CT molecular complexity index is 565. The van der Waals surface area contributed by atoms with E-state index < -0.39 is 0 Å². The standard InChI is InChI=1S/C15H17NO2S/c1-2-11-6-7-19-14(11)9-16-8-12-4-3-5-13-15(12)18-10-17-13/h3-7,16H,2,8-10H2,1H3. The van der Waals surface area contributed by atoms with Gasteiger partial charge < -0.3 is 14.8 Å². The zero-order chi connectivity index (χ0) is 13.1. The molecule has 2 heterocycles. The first kappa shape index (κ1) is 12.5.